The minimum atomic E-state index is 0.450. The van der Waals surface area contributed by atoms with E-state index in [0.29, 0.717) is 6.04 Å². The number of nitrogens with one attached hydrogen (secondary N) is 1. The van der Waals surface area contributed by atoms with Gasteiger partial charge >= 0.3 is 0 Å². The third-order valence-electron chi connectivity index (χ3n) is 2.76. The van der Waals surface area contributed by atoms with E-state index in [0.717, 1.165) is 25.3 Å². The van der Waals surface area contributed by atoms with Crippen LogP contribution in [0.2, 0.25) is 0 Å². The molecule has 0 radical (unpaired) electrons. The first-order valence-electron chi connectivity index (χ1n) is 6.10. The smallest absolute Gasteiger partial charge is 0.122 e. The molecular formula is C14H23NO. The molecule has 0 bridgehead atoms. The Morgan fingerprint density at radius 2 is 2.00 bits per heavy atom. The maximum absolute atomic E-state index is 5.83. The van der Waals surface area contributed by atoms with Gasteiger partial charge in [-0.3, -0.25) is 0 Å². The van der Waals surface area contributed by atoms with Crippen molar-refractivity contribution in [1.29, 1.82) is 0 Å². The first-order valence-corrected chi connectivity index (χ1v) is 6.10. The van der Waals surface area contributed by atoms with Gasteiger partial charge in [-0.25, -0.2) is 0 Å². The number of hydrogen-bond acceptors (Lipinski definition) is 2. The third-order valence-corrected chi connectivity index (χ3v) is 2.76. The van der Waals surface area contributed by atoms with Gasteiger partial charge in [0.05, 0.1) is 0 Å². The second kappa shape index (κ2) is 6.54. The molecule has 1 atom stereocenters. The molecule has 0 spiro atoms. The summed E-state index contributed by atoms with van der Waals surface area (Å²) in [7, 11) is 0. The van der Waals surface area contributed by atoms with Crippen molar-refractivity contribution < 1.29 is 4.74 Å². The highest BCUT2D eigenvalue weighted by Crippen LogP contribution is 2.18. The molecule has 1 aromatic rings. The van der Waals surface area contributed by atoms with Gasteiger partial charge in [0, 0.05) is 6.04 Å². The molecule has 0 saturated heterocycles. The summed E-state index contributed by atoms with van der Waals surface area (Å²) in [5, 5.41) is 3.41. The highest BCUT2D eigenvalue weighted by molar-refractivity contribution is 5.35. The first kappa shape index (κ1) is 13.0. The minimum Gasteiger partial charge on any atom is -0.492 e. The Hall–Kier alpha value is -1.02. The Labute approximate surface area is 99.0 Å². The van der Waals surface area contributed by atoms with Crippen LogP contribution in [0.4, 0.5) is 0 Å². The van der Waals surface area contributed by atoms with Crippen molar-refractivity contribution in [2.75, 3.05) is 13.2 Å². The summed E-state index contributed by atoms with van der Waals surface area (Å²) < 4.78 is 5.83. The lowest BCUT2D eigenvalue weighted by Gasteiger charge is -2.17. The van der Waals surface area contributed by atoms with Crippen LogP contribution in [0, 0.1) is 13.8 Å². The van der Waals surface area contributed by atoms with Gasteiger partial charge in [0.15, 0.2) is 0 Å². The predicted octanol–water partition coefficient (Wildman–Crippen LogP) is 3.07. The zero-order valence-corrected chi connectivity index (χ0v) is 10.8. The van der Waals surface area contributed by atoms with Gasteiger partial charge in [-0.05, 0) is 38.4 Å². The molecule has 1 N–H and O–H groups in total. The third kappa shape index (κ3) is 3.86. The van der Waals surface area contributed by atoms with Crippen molar-refractivity contribution in [3.63, 3.8) is 0 Å². The fraction of sp³-hybridized carbons (Fsp3) is 0.571. The monoisotopic (exact) mass is 221 g/mol. The van der Waals surface area contributed by atoms with E-state index < -0.39 is 0 Å². The quantitative estimate of drug-likeness (QED) is 0.797. The zero-order chi connectivity index (χ0) is 12.0. The van der Waals surface area contributed by atoms with Gasteiger partial charge in [0.2, 0.25) is 0 Å². The van der Waals surface area contributed by atoms with Crippen LogP contribution in [-0.4, -0.2) is 19.2 Å². The Bertz CT molecular complexity index is 323. The molecule has 2 nitrogen and oxygen atoms in total. The van der Waals surface area contributed by atoms with E-state index >= 15 is 0 Å². The summed E-state index contributed by atoms with van der Waals surface area (Å²) in [6, 6.07) is 6.76. The molecule has 0 aliphatic rings. The SMILES string of the molecule is CCNC(CC)COc1ccc(C)cc1C. The van der Waals surface area contributed by atoms with Crippen molar-refractivity contribution in [3.8, 4) is 5.75 Å². The number of aryl methyl sites for hydroxylation is 2. The summed E-state index contributed by atoms with van der Waals surface area (Å²) in [5.74, 6) is 1.00. The molecule has 2 heteroatoms. The number of rotatable bonds is 6. The van der Waals surface area contributed by atoms with Gasteiger partial charge in [0.1, 0.15) is 12.4 Å². The number of hydrogen-bond donors (Lipinski definition) is 1. The van der Waals surface area contributed by atoms with Crippen LogP contribution in [0.3, 0.4) is 0 Å². The van der Waals surface area contributed by atoms with Gasteiger partial charge in [-0.2, -0.15) is 0 Å². The van der Waals surface area contributed by atoms with Crippen LogP contribution in [0.1, 0.15) is 31.4 Å². The van der Waals surface area contributed by atoms with E-state index in [-0.39, 0.29) is 0 Å². The van der Waals surface area contributed by atoms with Crippen LogP contribution in [0.5, 0.6) is 5.75 Å². The summed E-state index contributed by atoms with van der Waals surface area (Å²) in [5.41, 5.74) is 2.50. The van der Waals surface area contributed by atoms with Crippen molar-refractivity contribution in [3.05, 3.63) is 29.3 Å². The van der Waals surface area contributed by atoms with Crippen molar-refractivity contribution in [1.82, 2.24) is 5.32 Å². The molecule has 1 rings (SSSR count). The average Bonchev–Trinajstić information content (AvgIpc) is 2.26. The maximum Gasteiger partial charge on any atom is 0.122 e. The average molecular weight is 221 g/mol. The molecule has 0 aliphatic heterocycles. The lowest BCUT2D eigenvalue weighted by atomic mass is 10.1. The van der Waals surface area contributed by atoms with Gasteiger partial charge in [-0.15, -0.1) is 0 Å². The molecule has 0 aliphatic carbocycles. The van der Waals surface area contributed by atoms with E-state index in [1.54, 1.807) is 0 Å². The zero-order valence-electron chi connectivity index (χ0n) is 10.8. The van der Waals surface area contributed by atoms with Crippen molar-refractivity contribution >= 4 is 0 Å². The summed E-state index contributed by atoms with van der Waals surface area (Å²) in [4.78, 5) is 0. The molecule has 0 amide bonds. The number of likely N-dealkylation sites (N-methyl/N-ethyl adjacent to an activating group) is 1. The van der Waals surface area contributed by atoms with Gasteiger partial charge in [0.25, 0.3) is 0 Å². The molecule has 16 heavy (non-hydrogen) atoms. The van der Waals surface area contributed by atoms with E-state index in [2.05, 4.69) is 51.2 Å². The number of ether oxygens (including phenoxy) is 1. The Balaban J connectivity index is 2.53. The second-order valence-corrected chi connectivity index (χ2v) is 4.24. The van der Waals surface area contributed by atoms with Crippen LogP contribution in [-0.2, 0) is 0 Å². The Morgan fingerprint density at radius 3 is 2.56 bits per heavy atom. The molecule has 0 heterocycles. The maximum atomic E-state index is 5.83. The second-order valence-electron chi connectivity index (χ2n) is 4.24. The standard InChI is InChI=1S/C14H23NO/c1-5-13(15-6-2)10-16-14-8-7-11(3)9-12(14)4/h7-9,13,15H,5-6,10H2,1-4H3. The first-order chi connectivity index (χ1) is 7.67. The fourth-order valence-corrected chi connectivity index (χ4v) is 1.76. The van der Waals surface area contributed by atoms with E-state index in [9.17, 15) is 0 Å². The highest BCUT2D eigenvalue weighted by atomic mass is 16.5. The summed E-state index contributed by atoms with van der Waals surface area (Å²) >= 11 is 0. The molecular weight excluding hydrogens is 198 g/mol. The Kier molecular flexibility index (Phi) is 5.33. The van der Waals surface area contributed by atoms with Crippen LogP contribution in [0.25, 0.3) is 0 Å². The summed E-state index contributed by atoms with van der Waals surface area (Å²) in [6.07, 6.45) is 1.10. The lowest BCUT2D eigenvalue weighted by Crippen LogP contribution is -2.33. The molecule has 1 unspecified atom stereocenters. The van der Waals surface area contributed by atoms with E-state index in [1.165, 1.54) is 11.1 Å². The van der Waals surface area contributed by atoms with E-state index in [4.69, 9.17) is 4.74 Å². The molecule has 0 saturated carbocycles. The largest absolute Gasteiger partial charge is 0.492 e. The van der Waals surface area contributed by atoms with Gasteiger partial charge in [-0.1, -0.05) is 31.5 Å². The van der Waals surface area contributed by atoms with Crippen molar-refractivity contribution in [2.24, 2.45) is 0 Å². The summed E-state index contributed by atoms with van der Waals surface area (Å²) in [6.45, 7) is 10.2. The van der Waals surface area contributed by atoms with Crippen LogP contribution < -0.4 is 10.1 Å². The molecule has 0 fully saturated rings. The van der Waals surface area contributed by atoms with Crippen LogP contribution in [0.15, 0.2) is 18.2 Å². The molecule has 0 aromatic heterocycles. The Morgan fingerprint density at radius 1 is 1.25 bits per heavy atom. The fourth-order valence-electron chi connectivity index (χ4n) is 1.76. The molecule has 1 aromatic carbocycles. The topological polar surface area (TPSA) is 21.3 Å². The van der Waals surface area contributed by atoms with Gasteiger partial charge < -0.3 is 10.1 Å². The predicted molar refractivity (Wildman–Crippen MR) is 69.2 cm³/mol. The van der Waals surface area contributed by atoms with Crippen LogP contribution >= 0.6 is 0 Å². The minimum absolute atomic E-state index is 0.450. The lowest BCUT2D eigenvalue weighted by molar-refractivity contribution is 0.261. The van der Waals surface area contributed by atoms with Crippen molar-refractivity contribution in [2.45, 2.75) is 40.2 Å². The highest BCUT2D eigenvalue weighted by Gasteiger charge is 2.06. The normalized spacial score (nSPS) is 12.5. The molecule has 90 valence electrons. The van der Waals surface area contributed by atoms with E-state index in [1.807, 2.05) is 0 Å². The number of benzene rings is 1.